The van der Waals surface area contributed by atoms with Crippen molar-refractivity contribution in [3.8, 4) is 5.75 Å². The summed E-state index contributed by atoms with van der Waals surface area (Å²) < 4.78 is 45.1. The second kappa shape index (κ2) is 11.2. The van der Waals surface area contributed by atoms with Gasteiger partial charge in [0.05, 0.1) is 40.6 Å². The number of hydrogen-bond acceptors (Lipinski definition) is 8. The summed E-state index contributed by atoms with van der Waals surface area (Å²) in [5, 5.41) is 0.503. The van der Waals surface area contributed by atoms with Gasteiger partial charge in [-0.1, -0.05) is 11.3 Å². The number of likely N-dealkylation sites (N-methyl/N-ethyl adjacent to an activating group) is 1. The Balaban J connectivity index is 1.41. The first-order chi connectivity index (χ1) is 18.3. The summed E-state index contributed by atoms with van der Waals surface area (Å²) in [5.74, 6) is 1.02. The van der Waals surface area contributed by atoms with Crippen molar-refractivity contribution >= 4 is 42.6 Å². The predicted molar refractivity (Wildman–Crippen MR) is 145 cm³/mol. The number of furan rings is 1. The standard InChI is InChI=1S/C27H29N3O6S2/c1-3-34-20-10-13-24-25(16-20)37-27(28-24)30(18-22-7-5-15-36-22)26(31)19-8-11-23(12-9-19)38(32,33)29(2)17-21-6-4-14-35-21/h5,7-13,15-16,21H,3-4,6,14,17-18H2,1-2H3. The van der Waals surface area contributed by atoms with Gasteiger partial charge in [-0.2, -0.15) is 4.31 Å². The van der Waals surface area contributed by atoms with Crippen molar-refractivity contribution in [2.24, 2.45) is 0 Å². The SMILES string of the molecule is CCOc1ccc2nc(N(Cc3ccco3)C(=O)c3ccc(S(=O)(=O)N(C)CC4CCCO4)cc3)sc2c1. The zero-order chi connectivity index (χ0) is 26.7. The molecule has 5 rings (SSSR count). The van der Waals surface area contributed by atoms with Crippen LogP contribution in [0.3, 0.4) is 0 Å². The molecule has 1 aliphatic rings. The van der Waals surface area contributed by atoms with Crippen LogP contribution in [0.4, 0.5) is 5.13 Å². The lowest BCUT2D eigenvalue weighted by atomic mass is 10.2. The zero-order valence-electron chi connectivity index (χ0n) is 21.2. The van der Waals surface area contributed by atoms with Gasteiger partial charge in [-0.15, -0.1) is 0 Å². The third-order valence-electron chi connectivity index (χ3n) is 6.32. The number of anilines is 1. The van der Waals surface area contributed by atoms with Crippen LogP contribution in [0.5, 0.6) is 5.75 Å². The van der Waals surface area contributed by atoms with Gasteiger partial charge in [-0.25, -0.2) is 13.4 Å². The van der Waals surface area contributed by atoms with E-state index >= 15 is 0 Å². The number of benzene rings is 2. The molecule has 11 heteroatoms. The molecule has 0 bridgehead atoms. The second-order valence-electron chi connectivity index (χ2n) is 8.97. The molecule has 3 heterocycles. The topological polar surface area (TPSA) is 102 Å². The van der Waals surface area contributed by atoms with E-state index in [-0.39, 0.29) is 23.5 Å². The first-order valence-corrected chi connectivity index (χ1v) is 14.7. The van der Waals surface area contributed by atoms with Gasteiger partial charge in [-0.3, -0.25) is 9.69 Å². The van der Waals surface area contributed by atoms with Crippen LogP contribution in [0, 0.1) is 0 Å². The molecule has 0 radical (unpaired) electrons. The van der Waals surface area contributed by atoms with Crippen molar-refractivity contribution < 1.29 is 27.1 Å². The van der Waals surface area contributed by atoms with E-state index in [0.717, 1.165) is 28.8 Å². The van der Waals surface area contributed by atoms with E-state index in [1.54, 1.807) is 25.4 Å². The fraction of sp³-hybridized carbons (Fsp3) is 0.333. The fourth-order valence-corrected chi connectivity index (χ4v) is 6.52. The number of amides is 1. The molecule has 38 heavy (non-hydrogen) atoms. The molecule has 1 unspecified atom stereocenters. The van der Waals surface area contributed by atoms with Crippen molar-refractivity contribution in [1.82, 2.24) is 9.29 Å². The Hall–Kier alpha value is -3.25. The Kier molecular flexibility index (Phi) is 7.80. The number of ether oxygens (including phenoxy) is 2. The van der Waals surface area contributed by atoms with Crippen molar-refractivity contribution in [1.29, 1.82) is 0 Å². The Morgan fingerprint density at radius 3 is 2.68 bits per heavy atom. The highest BCUT2D eigenvalue weighted by atomic mass is 32.2. The van der Waals surface area contributed by atoms with Crippen LogP contribution in [0.15, 0.2) is 70.2 Å². The van der Waals surface area contributed by atoms with E-state index in [4.69, 9.17) is 13.9 Å². The molecule has 0 N–H and O–H groups in total. The van der Waals surface area contributed by atoms with Crippen LogP contribution in [-0.4, -0.2) is 56.5 Å². The lowest BCUT2D eigenvalue weighted by molar-refractivity contribution is 0.0978. The van der Waals surface area contributed by atoms with Gasteiger partial charge in [0, 0.05) is 25.8 Å². The molecule has 0 aliphatic carbocycles. The number of thiazole rings is 1. The zero-order valence-corrected chi connectivity index (χ0v) is 22.8. The third kappa shape index (κ3) is 5.60. The first kappa shape index (κ1) is 26.4. The summed E-state index contributed by atoms with van der Waals surface area (Å²) in [6, 6.07) is 15.2. The van der Waals surface area contributed by atoms with E-state index in [9.17, 15) is 13.2 Å². The summed E-state index contributed by atoms with van der Waals surface area (Å²) >= 11 is 1.37. The molecule has 1 saturated heterocycles. The Morgan fingerprint density at radius 2 is 2.00 bits per heavy atom. The summed E-state index contributed by atoms with van der Waals surface area (Å²) in [4.78, 5) is 20.0. The molecule has 2 aromatic heterocycles. The Labute approximate surface area is 225 Å². The van der Waals surface area contributed by atoms with Crippen LogP contribution in [-0.2, 0) is 21.3 Å². The summed E-state index contributed by atoms with van der Waals surface area (Å²) in [6.07, 6.45) is 3.24. The minimum Gasteiger partial charge on any atom is -0.494 e. The molecule has 4 aromatic rings. The van der Waals surface area contributed by atoms with Crippen molar-refractivity contribution in [2.75, 3.05) is 31.7 Å². The minimum absolute atomic E-state index is 0.0933. The fourth-order valence-electron chi connectivity index (χ4n) is 4.33. The van der Waals surface area contributed by atoms with E-state index in [0.29, 0.717) is 36.2 Å². The molecule has 9 nitrogen and oxygen atoms in total. The summed E-state index contributed by atoms with van der Waals surface area (Å²) in [5.41, 5.74) is 1.09. The average molecular weight is 556 g/mol. The van der Waals surface area contributed by atoms with Crippen LogP contribution >= 0.6 is 11.3 Å². The highest BCUT2D eigenvalue weighted by molar-refractivity contribution is 7.89. The summed E-state index contributed by atoms with van der Waals surface area (Å²) in [7, 11) is -2.17. The van der Waals surface area contributed by atoms with E-state index in [2.05, 4.69) is 4.98 Å². The molecule has 1 amide bonds. The van der Waals surface area contributed by atoms with Gasteiger partial charge < -0.3 is 13.9 Å². The second-order valence-corrected chi connectivity index (χ2v) is 12.0. The van der Waals surface area contributed by atoms with Gasteiger partial charge in [0.15, 0.2) is 5.13 Å². The third-order valence-corrected chi connectivity index (χ3v) is 9.20. The number of aromatic nitrogens is 1. The van der Waals surface area contributed by atoms with Crippen molar-refractivity contribution in [3.05, 3.63) is 72.2 Å². The van der Waals surface area contributed by atoms with E-state index in [1.807, 2.05) is 25.1 Å². The number of nitrogens with zero attached hydrogens (tertiary/aromatic N) is 3. The number of carbonyl (C=O) groups is 1. The van der Waals surface area contributed by atoms with Crippen LogP contribution in [0.2, 0.25) is 0 Å². The summed E-state index contributed by atoms with van der Waals surface area (Å²) in [6.45, 7) is 3.60. The maximum Gasteiger partial charge on any atom is 0.260 e. The number of carbonyl (C=O) groups excluding carboxylic acids is 1. The maximum absolute atomic E-state index is 13.7. The number of fused-ring (bicyclic) bond motifs is 1. The first-order valence-electron chi connectivity index (χ1n) is 12.4. The smallest absolute Gasteiger partial charge is 0.260 e. The van der Waals surface area contributed by atoms with Gasteiger partial charge in [0.2, 0.25) is 10.0 Å². The Bertz CT molecular complexity index is 1490. The van der Waals surface area contributed by atoms with E-state index < -0.39 is 10.0 Å². The molecular formula is C27H29N3O6S2. The van der Waals surface area contributed by atoms with Crippen molar-refractivity contribution in [2.45, 2.75) is 37.3 Å². The molecule has 0 spiro atoms. The monoisotopic (exact) mass is 555 g/mol. The predicted octanol–water partition coefficient (Wildman–Crippen LogP) is 4.93. The highest BCUT2D eigenvalue weighted by Crippen LogP contribution is 2.33. The van der Waals surface area contributed by atoms with Gasteiger partial charge in [0.25, 0.3) is 5.91 Å². The molecule has 1 fully saturated rings. The number of sulfonamides is 1. The average Bonchev–Trinajstić information content (AvgIpc) is 3.69. The number of rotatable bonds is 10. The molecule has 1 atom stereocenters. The highest BCUT2D eigenvalue weighted by Gasteiger charge is 2.27. The van der Waals surface area contributed by atoms with Gasteiger partial charge in [0.1, 0.15) is 11.5 Å². The largest absolute Gasteiger partial charge is 0.494 e. The van der Waals surface area contributed by atoms with Gasteiger partial charge in [-0.05, 0) is 74.4 Å². The molecule has 200 valence electrons. The van der Waals surface area contributed by atoms with Gasteiger partial charge >= 0.3 is 0 Å². The lowest BCUT2D eigenvalue weighted by Crippen LogP contribution is -2.34. The van der Waals surface area contributed by atoms with Crippen LogP contribution in [0.1, 0.15) is 35.9 Å². The normalized spacial score (nSPS) is 15.8. The molecular weight excluding hydrogens is 526 g/mol. The maximum atomic E-state index is 13.7. The molecule has 2 aromatic carbocycles. The van der Waals surface area contributed by atoms with E-state index in [1.165, 1.54) is 44.8 Å². The minimum atomic E-state index is -3.72. The lowest BCUT2D eigenvalue weighted by Gasteiger charge is -2.21. The Morgan fingerprint density at radius 1 is 1.18 bits per heavy atom. The molecule has 1 aliphatic heterocycles. The van der Waals surface area contributed by atoms with Crippen LogP contribution < -0.4 is 9.64 Å². The molecule has 0 saturated carbocycles. The van der Waals surface area contributed by atoms with Crippen LogP contribution in [0.25, 0.3) is 10.2 Å². The number of hydrogen-bond donors (Lipinski definition) is 0. The van der Waals surface area contributed by atoms with Crippen molar-refractivity contribution in [3.63, 3.8) is 0 Å². The quantitative estimate of drug-likeness (QED) is 0.273.